The number of esters is 1. The third-order valence-corrected chi connectivity index (χ3v) is 3.67. The van der Waals surface area contributed by atoms with E-state index < -0.39 is 12.0 Å². The Morgan fingerprint density at radius 2 is 2.33 bits per heavy atom. The van der Waals surface area contributed by atoms with E-state index in [1.54, 1.807) is 18.2 Å². The maximum atomic E-state index is 12.1. The molecule has 1 aliphatic heterocycles. The van der Waals surface area contributed by atoms with Crippen molar-refractivity contribution in [2.45, 2.75) is 18.9 Å². The molecular weight excluding hydrogens is 294 g/mol. The van der Waals surface area contributed by atoms with Gasteiger partial charge in [-0.1, -0.05) is 23.7 Å². The Morgan fingerprint density at radius 3 is 2.95 bits per heavy atom. The molecule has 1 aromatic rings. The molecule has 0 saturated carbocycles. The molecule has 1 saturated heterocycles. The number of amides is 1. The summed E-state index contributed by atoms with van der Waals surface area (Å²) in [7, 11) is 1.30. The zero-order valence-electron chi connectivity index (χ0n) is 11.8. The van der Waals surface area contributed by atoms with E-state index in [4.69, 9.17) is 21.1 Å². The van der Waals surface area contributed by atoms with Crippen molar-refractivity contribution in [1.29, 1.82) is 0 Å². The van der Waals surface area contributed by atoms with E-state index in [1.165, 1.54) is 7.11 Å². The molecule has 114 valence electrons. The summed E-state index contributed by atoms with van der Waals surface area (Å²) < 4.78 is 9.95. The third-order valence-electron chi connectivity index (χ3n) is 3.43. The molecular formula is C15H18ClNO4. The number of halogens is 1. The van der Waals surface area contributed by atoms with Gasteiger partial charge in [-0.3, -0.25) is 4.79 Å². The van der Waals surface area contributed by atoms with E-state index in [0.29, 0.717) is 31.1 Å². The fourth-order valence-electron chi connectivity index (χ4n) is 2.27. The average Bonchev–Trinajstić information content (AvgIpc) is 3.00. The lowest BCUT2D eigenvalue weighted by Gasteiger charge is -2.18. The van der Waals surface area contributed by atoms with Crippen LogP contribution in [0.2, 0.25) is 5.02 Å². The van der Waals surface area contributed by atoms with Gasteiger partial charge in [0.2, 0.25) is 5.91 Å². The Morgan fingerprint density at radius 1 is 1.52 bits per heavy atom. The van der Waals surface area contributed by atoms with Crippen LogP contribution in [0.25, 0.3) is 0 Å². The molecule has 1 aliphatic rings. The second-order valence-corrected chi connectivity index (χ2v) is 5.42. The highest BCUT2D eigenvalue weighted by Gasteiger charge is 2.28. The predicted molar refractivity (Wildman–Crippen MR) is 78.0 cm³/mol. The summed E-state index contributed by atoms with van der Waals surface area (Å²) in [6, 6.07) is 6.46. The lowest BCUT2D eigenvalue weighted by molar-refractivity contribution is -0.145. The second-order valence-electron chi connectivity index (χ2n) is 4.98. The van der Waals surface area contributed by atoms with Gasteiger partial charge in [0.15, 0.2) is 0 Å². The molecule has 1 aromatic carbocycles. The van der Waals surface area contributed by atoms with Crippen molar-refractivity contribution >= 4 is 23.5 Å². The van der Waals surface area contributed by atoms with Crippen molar-refractivity contribution in [2.24, 2.45) is 5.92 Å². The Balaban J connectivity index is 2.03. The summed E-state index contributed by atoms with van der Waals surface area (Å²) in [5.41, 5.74) is 0.862. The van der Waals surface area contributed by atoms with E-state index >= 15 is 0 Å². The second kappa shape index (κ2) is 7.43. The summed E-state index contributed by atoms with van der Waals surface area (Å²) >= 11 is 5.93. The molecule has 21 heavy (non-hydrogen) atoms. The van der Waals surface area contributed by atoms with Crippen LogP contribution in [0.15, 0.2) is 24.3 Å². The van der Waals surface area contributed by atoms with Crippen molar-refractivity contribution < 1.29 is 19.1 Å². The van der Waals surface area contributed by atoms with Crippen LogP contribution in [0, 0.1) is 5.92 Å². The molecule has 5 nitrogen and oxygen atoms in total. The number of rotatable bonds is 5. The number of ether oxygens (including phenoxy) is 2. The normalized spacial score (nSPS) is 19.0. The molecule has 0 radical (unpaired) electrons. The number of nitrogens with one attached hydrogen (secondary N) is 1. The average molecular weight is 312 g/mol. The standard InChI is InChI=1S/C15H18ClNO4/c1-20-15(19)13(8-10-3-2-4-12(16)7-10)17-14(18)11-5-6-21-9-11/h2-4,7,11,13H,5-6,8-9H2,1H3,(H,17,18)/t11-,13+/m1/s1. The predicted octanol–water partition coefficient (Wildman–Crippen LogP) is 1.58. The SMILES string of the molecule is COC(=O)[C@H](Cc1cccc(Cl)c1)NC(=O)[C@@H]1CCOC1. The molecule has 0 bridgehead atoms. The number of hydrogen-bond donors (Lipinski definition) is 1. The topological polar surface area (TPSA) is 64.6 Å². The first-order chi connectivity index (χ1) is 10.1. The smallest absolute Gasteiger partial charge is 0.328 e. The minimum atomic E-state index is -0.721. The zero-order chi connectivity index (χ0) is 15.2. The zero-order valence-corrected chi connectivity index (χ0v) is 12.6. The molecule has 1 N–H and O–H groups in total. The Bertz CT molecular complexity index is 514. The van der Waals surface area contributed by atoms with Gasteiger partial charge in [0.25, 0.3) is 0 Å². The summed E-state index contributed by atoms with van der Waals surface area (Å²) in [4.78, 5) is 24.0. The van der Waals surface area contributed by atoms with Gasteiger partial charge in [0.1, 0.15) is 6.04 Å². The largest absolute Gasteiger partial charge is 0.467 e. The molecule has 0 unspecified atom stereocenters. The molecule has 2 atom stereocenters. The molecule has 6 heteroatoms. The number of benzene rings is 1. The summed E-state index contributed by atoms with van der Waals surface area (Å²) in [5, 5.41) is 3.33. The van der Waals surface area contributed by atoms with Crippen LogP contribution in [0.5, 0.6) is 0 Å². The van der Waals surface area contributed by atoms with Crippen LogP contribution in [0.3, 0.4) is 0 Å². The van der Waals surface area contributed by atoms with Gasteiger partial charge in [0, 0.05) is 18.1 Å². The highest BCUT2D eigenvalue weighted by atomic mass is 35.5. The fourth-order valence-corrected chi connectivity index (χ4v) is 2.48. The molecule has 0 aromatic heterocycles. The minimum absolute atomic E-state index is 0.176. The van der Waals surface area contributed by atoms with Gasteiger partial charge < -0.3 is 14.8 Å². The lowest BCUT2D eigenvalue weighted by atomic mass is 10.0. The number of methoxy groups -OCH3 is 1. The Hall–Kier alpha value is -1.59. The van der Waals surface area contributed by atoms with Crippen molar-refractivity contribution in [2.75, 3.05) is 20.3 Å². The van der Waals surface area contributed by atoms with Crippen LogP contribution < -0.4 is 5.32 Å². The minimum Gasteiger partial charge on any atom is -0.467 e. The molecule has 1 fully saturated rings. The molecule has 2 rings (SSSR count). The van der Waals surface area contributed by atoms with Crippen molar-refractivity contribution in [3.63, 3.8) is 0 Å². The number of hydrogen-bond acceptors (Lipinski definition) is 4. The molecule has 1 amide bonds. The van der Waals surface area contributed by atoms with Crippen molar-refractivity contribution in [1.82, 2.24) is 5.32 Å². The lowest BCUT2D eigenvalue weighted by Crippen LogP contribution is -2.45. The van der Waals surface area contributed by atoms with Gasteiger partial charge in [0.05, 0.1) is 19.6 Å². The summed E-state index contributed by atoms with van der Waals surface area (Å²) in [6.45, 7) is 0.978. The van der Waals surface area contributed by atoms with Gasteiger partial charge in [-0.15, -0.1) is 0 Å². The number of carbonyl (C=O) groups excluding carboxylic acids is 2. The van der Waals surface area contributed by atoms with E-state index in [-0.39, 0.29) is 11.8 Å². The first-order valence-electron chi connectivity index (χ1n) is 6.80. The highest BCUT2D eigenvalue weighted by Crippen LogP contribution is 2.15. The van der Waals surface area contributed by atoms with Crippen molar-refractivity contribution in [3.05, 3.63) is 34.9 Å². The third kappa shape index (κ3) is 4.44. The van der Waals surface area contributed by atoms with Gasteiger partial charge in [-0.25, -0.2) is 4.79 Å². The van der Waals surface area contributed by atoms with Crippen LogP contribution in [0.1, 0.15) is 12.0 Å². The quantitative estimate of drug-likeness (QED) is 0.839. The fraction of sp³-hybridized carbons (Fsp3) is 0.467. The highest BCUT2D eigenvalue weighted by molar-refractivity contribution is 6.30. The Kier molecular flexibility index (Phi) is 5.59. The number of carbonyl (C=O) groups is 2. The van der Waals surface area contributed by atoms with Gasteiger partial charge in [-0.2, -0.15) is 0 Å². The molecule has 0 spiro atoms. The molecule has 0 aliphatic carbocycles. The van der Waals surface area contributed by atoms with E-state index in [1.807, 2.05) is 6.07 Å². The first kappa shape index (κ1) is 15.8. The summed E-state index contributed by atoms with van der Waals surface area (Å²) in [6.07, 6.45) is 1.02. The van der Waals surface area contributed by atoms with Gasteiger partial charge in [-0.05, 0) is 24.1 Å². The maximum Gasteiger partial charge on any atom is 0.328 e. The Labute approximate surface area is 128 Å². The van der Waals surface area contributed by atoms with Crippen LogP contribution in [-0.4, -0.2) is 38.2 Å². The van der Waals surface area contributed by atoms with E-state index in [0.717, 1.165) is 5.56 Å². The van der Waals surface area contributed by atoms with Crippen molar-refractivity contribution in [3.8, 4) is 0 Å². The van der Waals surface area contributed by atoms with Crippen LogP contribution in [-0.2, 0) is 25.5 Å². The van der Waals surface area contributed by atoms with Crippen LogP contribution in [0.4, 0.5) is 0 Å². The van der Waals surface area contributed by atoms with Gasteiger partial charge >= 0.3 is 5.97 Å². The molecule has 1 heterocycles. The first-order valence-corrected chi connectivity index (χ1v) is 7.18. The van der Waals surface area contributed by atoms with E-state index in [9.17, 15) is 9.59 Å². The van der Waals surface area contributed by atoms with Crippen LogP contribution >= 0.6 is 11.6 Å². The maximum absolute atomic E-state index is 12.1. The van der Waals surface area contributed by atoms with E-state index in [2.05, 4.69) is 5.32 Å². The summed E-state index contributed by atoms with van der Waals surface area (Å²) in [5.74, 6) is -0.844. The monoisotopic (exact) mass is 311 g/mol.